The quantitative estimate of drug-likeness (QED) is 0.579. The lowest BCUT2D eigenvalue weighted by molar-refractivity contribution is -0.122. The molecule has 10 nitrogen and oxygen atoms in total. The first kappa shape index (κ1) is 21.5. The highest BCUT2D eigenvalue weighted by Gasteiger charge is 2.53. The van der Waals surface area contributed by atoms with Gasteiger partial charge in [-0.2, -0.15) is 0 Å². The minimum absolute atomic E-state index is 0.140. The van der Waals surface area contributed by atoms with Crippen molar-refractivity contribution in [2.45, 2.75) is 31.3 Å². The van der Waals surface area contributed by atoms with Crippen LogP contribution < -0.4 is 24.6 Å². The molecular weight excluding hydrogens is 450 g/mol. The number of benzene rings is 2. The summed E-state index contributed by atoms with van der Waals surface area (Å²) in [6.45, 7) is 1.69. The normalized spacial score (nSPS) is 19.0. The van der Waals surface area contributed by atoms with Gasteiger partial charge >= 0.3 is 6.03 Å². The molecule has 0 atom stereocenters. The fourth-order valence-electron chi connectivity index (χ4n) is 5.40. The standard InChI is InChI=1S/C25H25N5O5/c1-34-16-12-15(13-17(14-16)35-2)30-22(32)25(27-24(30)33)7-10-28(11-8-25)23-26-19-5-3-4-18-20(31)6-9-29(23)21(18)19/h3-5,12-14H,6-11H2,1-2H3,(H,27,33). The zero-order valence-corrected chi connectivity index (χ0v) is 19.5. The highest BCUT2D eigenvalue weighted by molar-refractivity contribution is 6.23. The first-order valence-corrected chi connectivity index (χ1v) is 11.6. The maximum atomic E-state index is 13.6. The molecular formula is C25H25N5O5. The van der Waals surface area contributed by atoms with Crippen LogP contribution in [0.15, 0.2) is 36.4 Å². The molecule has 2 aromatic carbocycles. The summed E-state index contributed by atoms with van der Waals surface area (Å²) in [6, 6.07) is 10.2. The Kier molecular flexibility index (Phi) is 4.73. The van der Waals surface area contributed by atoms with Crippen LogP contribution in [0, 0.1) is 0 Å². The highest BCUT2D eigenvalue weighted by Crippen LogP contribution is 2.38. The molecule has 3 aliphatic rings. The Hall–Kier alpha value is -4.08. The van der Waals surface area contributed by atoms with Crippen molar-refractivity contribution < 1.29 is 23.9 Å². The zero-order valence-electron chi connectivity index (χ0n) is 19.5. The van der Waals surface area contributed by atoms with E-state index < -0.39 is 11.6 Å². The monoisotopic (exact) mass is 475 g/mol. The predicted molar refractivity (Wildman–Crippen MR) is 128 cm³/mol. The number of para-hydroxylation sites is 1. The maximum absolute atomic E-state index is 13.6. The van der Waals surface area contributed by atoms with Crippen molar-refractivity contribution in [2.24, 2.45) is 0 Å². The number of ketones is 1. The van der Waals surface area contributed by atoms with Gasteiger partial charge < -0.3 is 24.3 Å². The molecule has 4 heterocycles. The molecule has 3 amide bonds. The van der Waals surface area contributed by atoms with E-state index in [0.717, 1.165) is 17.0 Å². The summed E-state index contributed by atoms with van der Waals surface area (Å²) in [5.74, 6) is 1.66. The third kappa shape index (κ3) is 3.16. The fraction of sp³-hybridized carbons (Fsp3) is 0.360. The van der Waals surface area contributed by atoms with Gasteiger partial charge in [0, 0.05) is 49.8 Å². The molecule has 10 heteroatoms. The Morgan fingerprint density at radius 3 is 2.37 bits per heavy atom. The van der Waals surface area contributed by atoms with Crippen molar-refractivity contribution in [1.82, 2.24) is 14.9 Å². The van der Waals surface area contributed by atoms with E-state index in [-0.39, 0.29) is 11.7 Å². The number of anilines is 2. The van der Waals surface area contributed by atoms with Crippen molar-refractivity contribution in [3.05, 3.63) is 42.0 Å². The van der Waals surface area contributed by atoms with E-state index >= 15 is 0 Å². The van der Waals surface area contributed by atoms with E-state index in [1.165, 1.54) is 19.1 Å². The molecule has 2 fully saturated rings. The van der Waals surface area contributed by atoms with Crippen molar-refractivity contribution in [2.75, 3.05) is 37.1 Å². The third-order valence-corrected chi connectivity index (χ3v) is 7.27. The summed E-state index contributed by atoms with van der Waals surface area (Å²) in [5, 5.41) is 2.95. The number of nitrogens with zero attached hydrogens (tertiary/aromatic N) is 4. The number of aryl methyl sites for hydroxylation is 1. The highest BCUT2D eigenvalue weighted by atomic mass is 16.5. The van der Waals surface area contributed by atoms with Gasteiger partial charge in [-0.15, -0.1) is 0 Å². The minimum atomic E-state index is -0.973. The van der Waals surface area contributed by atoms with Gasteiger partial charge in [-0.1, -0.05) is 6.07 Å². The van der Waals surface area contributed by atoms with Gasteiger partial charge in [0.05, 0.1) is 30.9 Å². The molecule has 35 heavy (non-hydrogen) atoms. The number of hydrogen-bond donors (Lipinski definition) is 1. The molecule has 0 saturated carbocycles. The summed E-state index contributed by atoms with van der Waals surface area (Å²) in [7, 11) is 3.04. The topological polar surface area (TPSA) is 106 Å². The maximum Gasteiger partial charge on any atom is 0.329 e. The van der Waals surface area contributed by atoms with E-state index in [1.807, 2.05) is 18.2 Å². The summed E-state index contributed by atoms with van der Waals surface area (Å²) in [5.41, 5.74) is 1.82. The van der Waals surface area contributed by atoms with Crippen molar-refractivity contribution in [3.63, 3.8) is 0 Å². The Morgan fingerprint density at radius 2 is 1.69 bits per heavy atom. The SMILES string of the molecule is COc1cc(OC)cc(N2C(=O)NC3(CCN(c4nc5cccc6c5n4CCC6=O)CC3)C2=O)c1. The summed E-state index contributed by atoms with van der Waals surface area (Å²) >= 11 is 0. The van der Waals surface area contributed by atoms with Gasteiger partial charge in [-0.05, 0) is 25.0 Å². The lowest BCUT2D eigenvalue weighted by Crippen LogP contribution is -2.55. The first-order valence-electron chi connectivity index (χ1n) is 11.6. The van der Waals surface area contributed by atoms with Gasteiger partial charge in [0.2, 0.25) is 5.95 Å². The average molecular weight is 476 g/mol. The Labute approximate surface area is 201 Å². The van der Waals surface area contributed by atoms with E-state index in [1.54, 1.807) is 18.2 Å². The summed E-state index contributed by atoms with van der Waals surface area (Å²) < 4.78 is 12.7. The number of carbonyl (C=O) groups is 3. The van der Waals surface area contributed by atoms with Crippen LogP contribution in [0.5, 0.6) is 11.5 Å². The number of amides is 3. The van der Waals surface area contributed by atoms with Gasteiger partial charge in [-0.25, -0.2) is 14.7 Å². The lowest BCUT2D eigenvalue weighted by atomic mass is 9.87. The number of hydrogen-bond acceptors (Lipinski definition) is 7. The molecule has 1 spiro atoms. The number of methoxy groups -OCH3 is 2. The summed E-state index contributed by atoms with van der Waals surface area (Å²) in [4.78, 5) is 47.0. The van der Waals surface area contributed by atoms with Crippen LogP contribution >= 0.6 is 0 Å². The smallest absolute Gasteiger partial charge is 0.329 e. The van der Waals surface area contributed by atoms with E-state index in [4.69, 9.17) is 14.5 Å². The number of rotatable bonds is 4. The second kappa shape index (κ2) is 7.72. The van der Waals surface area contributed by atoms with E-state index in [0.29, 0.717) is 61.6 Å². The molecule has 6 rings (SSSR count). The average Bonchev–Trinajstić information content (AvgIpc) is 3.36. The van der Waals surface area contributed by atoms with E-state index in [2.05, 4.69) is 14.8 Å². The second-order valence-electron chi connectivity index (χ2n) is 9.12. The fourth-order valence-corrected chi connectivity index (χ4v) is 5.40. The van der Waals surface area contributed by atoms with Crippen molar-refractivity contribution >= 4 is 40.4 Å². The molecule has 0 bridgehead atoms. The predicted octanol–water partition coefficient (Wildman–Crippen LogP) is 2.74. The second-order valence-corrected chi connectivity index (χ2v) is 9.12. The Morgan fingerprint density at radius 1 is 0.971 bits per heavy atom. The number of ether oxygens (including phenoxy) is 2. The molecule has 1 N–H and O–H groups in total. The molecule has 1 aromatic heterocycles. The number of aromatic nitrogens is 2. The molecule has 3 aromatic rings. The zero-order chi connectivity index (χ0) is 24.3. The van der Waals surface area contributed by atoms with Crippen molar-refractivity contribution in [3.8, 4) is 11.5 Å². The van der Waals surface area contributed by atoms with Gasteiger partial charge in [0.1, 0.15) is 17.0 Å². The van der Waals surface area contributed by atoms with Gasteiger partial charge in [0.25, 0.3) is 5.91 Å². The molecule has 180 valence electrons. The number of carbonyl (C=O) groups excluding carboxylic acids is 3. The van der Waals surface area contributed by atoms with Crippen LogP contribution in [0.1, 0.15) is 29.6 Å². The van der Waals surface area contributed by atoms with Crippen LogP contribution in [0.25, 0.3) is 11.0 Å². The van der Waals surface area contributed by atoms with Gasteiger partial charge in [-0.3, -0.25) is 9.59 Å². The number of urea groups is 1. The summed E-state index contributed by atoms with van der Waals surface area (Å²) in [6.07, 6.45) is 1.34. The number of nitrogens with one attached hydrogen (secondary N) is 1. The Balaban J connectivity index is 1.27. The van der Waals surface area contributed by atoms with E-state index in [9.17, 15) is 14.4 Å². The van der Waals surface area contributed by atoms with Gasteiger partial charge in [0.15, 0.2) is 5.78 Å². The van der Waals surface area contributed by atoms with Crippen LogP contribution in [-0.4, -0.2) is 60.1 Å². The first-order chi connectivity index (χ1) is 16.9. The third-order valence-electron chi connectivity index (χ3n) is 7.27. The lowest BCUT2D eigenvalue weighted by Gasteiger charge is -2.38. The number of imide groups is 1. The minimum Gasteiger partial charge on any atom is -0.497 e. The van der Waals surface area contributed by atoms with Crippen LogP contribution in [0.2, 0.25) is 0 Å². The molecule has 0 aliphatic carbocycles. The van der Waals surface area contributed by atoms with Crippen LogP contribution in [-0.2, 0) is 11.3 Å². The van der Waals surface area contributed by atoms with Crippen LogP contribution in [0.3, 0.4) is 0 Å². The number of Topliss-reactive ketones (excluding diaryl/α,β-unsaturated/α-hetero) is 1. The number of imidazole rings is 1. The Bertz CT molecular complexity index is 1370. The largest absolute Gasteiger partial charge is 0.497 e. The van der Waals surface area contributed by atoms with Crippen molar-refractivity contribution in [1.29, 1.82) is 0 Å². The molecule has 0 radical (unpaired) electrons. The molecule has 3 aliphatic heterocycles. The number of piperidine rings is 1. The van der Waals surface area contributed by atoms with Crippen LogP contribution in [0.4, 0.5) is 16.4 Å². The molecule has 0 unspecified atom stereocenters. The molecule has 2 saturated heterocycles.